The molecule has 168 valence electrons. The number of carbonyl (C=O) groups is 1. The summed E-state index contributed by atoms with van der Waals surface area (Å²) in [4.78, 5) is 22.4. The van der Waals surface area contributed by atoms with Crippen molar-refractivity contribution in [2.75, 3.05) is 29.0 Å². The van der Waals surface area contributed by atoms with Crippen LogP contribution in [0.5, 0.6) is 0 Å². The zero-order chi connectivity index (χ0) is 22.6. The third-order valence-corrected chi connectivity index (χ3v) is 5.09. The van der Waals surface area contributed by atoms with Gasteiger partial charge in [0.1, 0.15) is 5.82 Å². The second-order valence-electron chi connectivity index (χ2n) is 7.70. The predicted molar refractivity (Wildman–Crippen MR) is 114 cm³/mol. The standard InChI is InChI=1S/C21H27F3N6O/c1-3-4-5-14-11-19(30-9-8-16(12-30)26-13(2)31)29-20(27-14)28-15-6-7-18(25)17(10-15)21(22,23)24/h6-7,10-11,16H,3-5,8-9,12,25H2,1-2H3,(H,26,31)(H,27,28,29)/t16-/m0/s1. The van der Waals surface area contributed by atoms with Gasteiger partial charge in [0.2, 0.25) is 11.9 Å². The summed E-state index contributed by atoms with van der Waals surface area (Å²) < 4.78 is 39.6. The summed E-state index contributed by atoms with van der Waals surface area (Å²) in [6, 6.07) is 5.58. The Morgan fingerprint density at radius 2 is 2.06 bits per heavy atom. The number of alkyl halides is 3. The van der Waals surface area contributed by atoms with Crippen LogP contribution >= 0.6 is 0 Å². The van der Waals surface area contributed by atoms with Crippen LogP contribution in [-0.2, 0) is 17.4 Å². The molecule has 1 amide bonds. The van der Waals surface area contributed by atoms with Crippen molar-refractivity contribution >= 4 is 29.0 Å². The van der Waals surface area contributed by atoms with Crippen LogP contribution in [0, 0.1) is 0 Å². The van der Waals surface area contributed by atoms with Crippen LogP contribution < -0.4 is 21.3 Å². The summed E-state index contributed by atoms with van der Waals surface area (Å²) in [5.74, 6) is 0.830. The minimum Gasteiger partial charge on any atom is -0.398 e. The molecule has 4 N–H and O–H groups in total. The zero-order valence-corrected chi connectivity index (χ0v) is 17.6. The number of nitrogens with zero attached hydrogens (tertiary/aromatic N) is 3. The van der Waals surface area contributed by atoms with Gasteiger partial charge in [0.05, 0.1) is 5.56 Å². The summed E-state index contributed by atoms with van der Waals surface area (Å²) in [6.45, 7) is 4.89. The summed E-state index contributed by atoms with van der Waals surface area (Å²) in [6.07, 6.45) is -1.10. The Hall–Kier alpha value is -3.04. The molecule has 1 fully saturated rings. The van der Waals surface area contributed by atoms with Crippen molar-refractivity contribution in [2.45, 2.75) is 51.7 Å². The second kappa shape index (κ2) is 9.40. The van der Waals surface area contributed by atoms with Gasteiger partial charge in [-0.15, -0.1) is 0 Å². The van der Waals surface area contributed by atoms with E-state index in [4.69, 9.17) is 5.73 Å². The van der Waals surface area contributed by atoms with E-state index >= 15 is 0 Å². The highest BCUT2D eigenvalue weighted by Crippen LogP contribution is 2.35. The topological polar surface area (TPSA) is 96.2 Å². The second-order valence-corrected chi connectivity index (χ2v) is 7.70. The molecule has 2 aromatic rings. The monoisotopic (exact) mass is 436 g/mol. The molecule has 7 nitrogen and oxygen atoms in total. The van der Waals surface area contributed by atoms with Gasteiger partial charge < -0.3 is 21.3 Å². The van der Waals surface area contributed by atoms with Crippen molar-refractivity contribution < 1.29 is 18.0 Å². The van der Waals surface area contributed by atoms with E-state index in [1.54, 1.807) is 0 Å². The van der Waals surface area contributed by atoms with Crippen LogP contribution in [0.2, 0.25) is 0 Å². The van der Waals surface area contributed by atoms with Crippen LogP contribution in [-0.4, -0.2) is 35.0 Å². The first-order valence-corrected chi connectivity index (χ1v) is 10.3. The van der Waals surface area contributed by atoms with E-state index in [1.807, 2.05) is 11.0 Å². The molecule has 0 spiro atoms. The number of hydrogen-bond donors (Lipinski definition) is 3. The van der Waals surface area contributed by atoms with Crippen LogP contribution in [0.25, 0.3) is 0 Å². The molecule has 1 aromatic carbocycles. The predicted octanol–water partition coefficient (Wildman–Crippen LogP) is 3.88. The lowest BCUT2D eigenvalue weighted by Crippen LogP contribution is -2.35. The number of unbranched alkanes of at least 4 members (excludes halogenated alkanes) is 1. The van der Waals surface area contributed by atoms with Gasteiger partial charge in [0, 0.05) is 49.2 Å². The average molecular weight is 436 g/mol. The first-order chi connectivity index (χ1) is 14.7. The molecular formula is C21H27F3N6O. The van der Waals surface area contributed by atoms with Gasteiger partial charge >= 0.3 is 6.18 Å². The first kappa shape index (κ1) is 22.6. The van der Waals surface area contributed by atoms with E-state index in [0.717, 1.165) is 37.4 Å². The molecular weight excluding hydrogens is 409 g/mol. The number of halogens is 3. The Morgan fingerprint density at radius 3 is 2.74 bits per heavy atom. The first-order valence-electron chi connectivity index (χ1n) is 10.3. The van der Waals surface area contributed by atoms with Crippen molar-refractivity contribution in [2.24, 2.45) is 0 Å². The van der Waals surface area contributed by atoms with Crippen LogP contribution in [0.1, 0.15) is 44.4 Å². The number of carbonyl (C=O) groups excluding carboxylic acids is 1. The van der Waals surface area contributed by atoms with Crippen molar-refractivity contribution in [1.82, 2.24) is 15.3 Å². The van der Waals surface area contributed by atoms with Crippen LogP contribution in [0.4, 0.5) is 36.3 Å². The minimum atomic E-state index is -4.55. The third kappa shape index (κ3) is 5.99. The lowest BCUT2D eigenvalue weighted by Gasteiger charge is -2.20. The minimum absolute atomic E-state index is 0.0365. The van der Waals surface area contributed by atoms with Crippen LogP contribution in [0.15, 0.2) is 24.3 Å². The number of rotatable bonds is 7. The molecule has 1 aliphatic rings. The number of benzene rings is 1. The normalized spacial score (nSPS) is 16.4. The molecule has 0 aliphatic carbocycles. The summed E-state index contributed by atoms with van der Waals surface area (Å²) in [7, 11) is 0. The highest BCUT2D eigenvalue weighted by Gasteiger charge is 2.33. The molecule has 0 bridgehead atoms. The fraction of sp³-hybridized carbons (Fsp3) is 0.476. The van der Waals surface area contributed by atoms with Gasteiger partial charge in [-0.3, -0.25) is 4.79 Å². The highest BCUT2D eigenvalue weighted by molar-refractivity contribution is 5.73. The molecule has 2 heterocycles. The van der Waals surface area contributed by atoms with Gasteiger partial charge in [-0.25, -0.2) is 4.98 Å². The maximum Gasteiger partial charge on any atom is 0.418 e. The number of hydrogen-bond acceptors (Lipinski definition) is 6. The lowest BCUT2D eigenvalue weighted by molar-refractivity contribution is -0.136. The van der Waals surface area contributed by atoms with E-state index in [9.17, 15) is 18.0 Å². The number of nitrogens with two attached hydrogens (primary N) is 1. The van der Waals surface area contributed by atoms with Crippen molar-refractivity contribution in [1.29, 1.82) is 0 Å². The lowest BCUT2D eigenvalue weighted by atomic mass is 10.1. The summed E-state index contributed by atoms with van der Waals surface area (Å²) >= 11 is 0. The van der Waals surface area contributed by atoms with E-state index in [2.05, 4.69) is 27.5 Å². The number of anilines is 4. The molecule has 31 heavy (non-hydrogen) atoms. The fourth-order valence-electron chi connectivity index (χ4n) is 3.57. The number of aryl methyl sites for hydroxylation is 1. The number of nitrogen functional groups attached to an aromatic ring is 1. The smallest absolute Gasteiger partial charge is 0.398 e. The number of nitrogens with one attached hydrogen (secondary N) is 2. The molecule has 0 saturated carbocycles. The zero-order valence-electron chi connectivity index (χ0n) is 17.6. The van der Waals surface area contributed by atoms with Gasteiger partial charge in [-0.2, -0.15) is 18.2 Å². The molecule has 10 heteroatoms. The van der Waals surface area contributed by atoms with Gasteiger partial charge in [0.25, 0.3) is 0 Å². The Balaban J connectivity index is 1.86. The molecule has 1 aliphatic heterocycles. The summed E-state index contributed by atoms with van der Waals surface area (Å²) in [5, 5.41) is 5.81. The Labute approximate surface area is 179 Å². The van der Waals surface area contributed by atoms with Gasteiger partial charge in [0.15, 0.2) is 0 Å². The SMILES string of the molecule is CCCCc1cc(N2CC[C@H](NC(C)=O)C2)nc(Nc2ccc(N)c(C(F)(F)F)c2)n1. The Bertz CT molecular complexity index is 934. The van der Waals surface area contributed by atoms with Crippen LogP contribution in [0.3, 0.4) is 0 Å². The average Bonchev–Trinajstić information content (AvgIpc) is 3.14. The van der Waals surface area contributed by atoms with E-state index in [0.29, 0.717) is 18.9 Å². The highest BCUT2D eigenvalue weighted by atomic mass is 19.4. The Morgan fingerprint density at radius 1 is 1.29 bits per heavy atom. The van der Waals surface area contributed by atoms with E-state index in [1.165, 1.54) is 19.1 Å². The van der Waals surface area contributed by atoms with Crippen molar-refractivity contribution in [3.05, 3.63) is 35.5 Å². The van der Waals surface area contributed by atoms with Gasteiger partial charge in [-0.05, 0) is 37.5 Å². The molecule has 0 unspecified atom stereocenters. The van der Waals surface area contributed by atoms with E-state index < -0.39 is 11.7 Å². The van der Waals surface area contributed by atoms with E-state index in [-0.39, 0.29) is 29.3 Å². The quantitative estimate of drug-likeness (QED) is 0.570. The van der Waals surface area contributed by atoms with Crippen molar-refractivity contribution in [3.8, 4) is 0 Å². The molecule has 1 atom stereocenters. The van der Waals surface area contributed by atoms with Gasteiger partial charge in [-0.1, -0.05) is 13.3 Å². The van der Waals surface area contributed by atoms with Crippen molar-refractivity contribution in [3.63, 3.8) is 0 Å². The fourth-order valence-corrected chi connectivity index (χ4v) is 3.57. The molecule has 1 saturated heterocycles. The molecule has 1 aromatic heterocycles. The number of aromatic nitrogens is 2. The third-order valence-electron chi connectivity index (χ3n) is 5.09. The number of amides is 1. The summed E-state index contributed by atoms with van der Waals surface area (Å²) in [5.41, 5.74) is 5.26. The largest absolute Gasteiger partial charge is 0.418 e. The molecule has 3 rings (SSSR count). The Kier molecular flexibility index (Phi) is 6.87. The maximum atomic E-state index is 13.2. The maximum absolute atomic E-state index is 13.2. The molecule has 0 radical (unpaired) electrons.